The van der Waals surface area contributed by atoms with Crippen molar-refractivity contribution in [2.75, 3.05) is 12.5 Å². The molecule has 0 aliphatic rings. The third-order valence-corrected chi connectivity index (χ3v) is 5.21. The van der Waals surface area contributed by atoms with Crippen LogP contribution in [0, 0.1) is 6.92 Å². The number of rotatable bonds is 5. The maximum Gasteiger partial charge on any atom is 0.122 e. The molecule has 146 valence electrons. The molecule has 4 nitrogen and oxygen atoms in total. The maximum atomic E-state index is 5.55. The van der Waals surface area contributed by atoms with E-state index in [0.29, 0.717) is 5.92 Å². The number of methoxy groups -OCH3 is 1. The van der Waals surface area contributed by atoms with Gasteiger partial charge in [-0.15, -0.1) is 0 Å². The van der Waals surface area contributed by atoms with Gasteiger partial charge in [-0.3, -0.25) is 5.43 Å². The molecule has 0 atom stereocenters. The smallest absolute Gasteiger partial charge is 0.122 e. The van der Waals surface area contributed by atoms with Gasteiger partial charge >= 0.3 is 0 Å². The van der Waals surface area contributed by atoms with Crippen LogP contribution >= 0.6 is 0 Å². The molecule has 4 aromatic rings. The number of nitrogens with zero attached hydrogens (tertiary/aromatic N) is 2. The standard InChI is InChI=1S/C25H25N3O/c1-16(2)21-14-18(17(3)13-24(21)29-4)15-26-28-25-19-9-5-7-11-22(19)27-23-12-8-6-10-20(23)25/h5-16H,1-4H3,(H,27,28)/b26-15+. The van der Waals surface area contributed by atoms with Crippen molar-refractivity contribution >= 4 is 33.7 Å². The maximum absolute atomic E-state index is 5.55. The summed E-state index contributed by atoms with van der Waals surface area (Å²) in [5.41, 5.74) is 9.53. The molecule has 3 aromatic carbocycles. The number of hydrogen-bond acceptors (Lipinski definition) is 4. The van der Waals surface area contributed by atoms with E-state index < -0.39 is 0 Å². The number of hydrogen-bond donors (Lipinski definition) is 1. The van der Waals surface area contributed by atoms with Crippen molar-refractivity contribution in [1.29, 1.82) is 0 Å². The molecule has 4 heteroatoms. The first-order chi connectivity index (χ1) is 14.1. The van der Waals surface area contributed by atoms with Crippen molar-refractivity contribution in [3.05, 3.63) is 77.4 Å². The van der Waals surface area contributed by atoms with Crippen molar-refractivity contribution in [3.8, 4) is 5.75 Å². The Morgan fingerprint density at radius 1 is 0.966 bits per heavy atom. The predicted molar refractivity (Wildman–Crippen MR) is 122 cm³/mol. The monoisotopic (exact) mass is 383 g/mol. The fourth-order valence-electron chi connectivity index (χ4n) is 3.61. The van der Waals surface area contributed by atoms with Crippen LogP contribution in [0.1, 0.15) is 36.5 Å². The lowest BCUT2D eigenvalue weighted by molar-refractivity contribution is 0.407. The highest BCUT2D eigenvalue weighted by Crippen LogP contribution is 2.31. The van der Waals surface area contributed by atoms with Crippen LogP contribution in [0.15, 0.2) is 65.8 Å². The summed E-state index contributed by atoms with van der Waals surface area (Å²) >= 11 is 0. The van der Waals surface area contributed by atoms with Gasteiger partial charge < -0.3 is 4.74 Å². The average molecular weight is 383 g/mol. The second-order valence-electron chi connectivity index (χ2n) is 7.50. The van der Waals surface area contributed by atoms with Crippen LogP contribution in [-0.2, 0) is 0 Å². The number of aromatic nitrogens is 1. The molecule has 1 heterocycles. The van der Waals surface area contributed by atoms with Gasteiger partial charge in [-0.25, -0.2) is 4.98 Å². The number of anilines is 1. The lowest BCUT2D eigenvalue weighted by atomic mass is 9.97. The van der Waals surface area contributed by atoms with Gasteiger partial charge in [0.25, 0.3) is 0 Å². The molecule has 0 saturated carbocycles. The van der Waals surface area contributed by atoms with E-state index >= 15 is 0 Å². The number of nitrogens with one attached hydrogen (secondary N) is 1. The molecule has 0 unspecified atom stereocenters. The van der Waals surface area contributed by atoms with E-state index in [-0.39, 0.29) is 0 Å². The van der Waals surface area contributed by atoms with E-state index in [4.69, 9.17) is 9.72 Å². The van der Waals surface area contributed by atoms with E-state index in [1.165, 1.54) is 5.56 Å². The molecular weight excluding hydrogens is 358 g/mol. The van der Waals surface area contributed by atoms with Crippen LogP contribution in [0.2, 0.25) is 0 Å². The second kappa shape index (κ2) is 7.92. The third-order valence-electron chi connectivity index (χ3n) is 5.21. The topological polar surface area (TPSA) is 46.5 Å². The van der Waals surface area contributed by atoms with Crippen LogP contribution in [0.4, 0.5) is 5.69 Å². The third kappa shape index (κ3) is 3.66. The van der Waals surface area contributed by atoms with E-state index in [9.17, 15) is 0 Å². The Bertz CT molecular complexity index is 1160. The van der Waals surface area contributed by atoms with E-state index in [1.807, 2.05) is 42.6 Å². The van der Waals surface area contributed by atoms with Gasteiger partial charge in [0.15, 0.2) is 0 Å². The number of para-hydroxylation sites is 2. The van der Waals surface area contributed by atoms with E-state index in [2.05, 4.69) is 55.6 Å². The van der Waals surface area contributed by atoms with Gasteiger partial charge in [-0.1, -0.05) is 50.2 Å². The summed E-state index contributed by atoms with van der Waals surface area (Å²) in [6, 6.07) is 20.5. The Labute approximate surface area is 171 Å². The minimum atomic E-state index is 0.374. The Morgan fingerprint density at radius 3 is 2.17 bits per heavy atom. The summed E-state index contributed by atoms with van der Waals surface area (Å²) in [7, 11) is 1.72. The van der Waals surface area contributed by atoms with Gasteiger partial charge in [0, 0.05) is 10.8 Å². The molecular formula is C25H25N3O. The summed E-state index contributed by atoms with van der Waals surface area (Å²) in [6.07, 6.45) is 1.88. The van der Waals surface area contributed by atoms with Crippen molar-refractivity contribution in [1.82, 2.24) is 4.98 Å². The van der Waals surface area contributed by atoms with Crippen LogP contribution < -0.4 is 10.2 Å². The molecule has 29 heavy (non-hydrogen) atoms. The van der Waals surface area contributed by atoms with Crippen LogP contribution in [-0.4, -0.2) is 18.3 Å². The minimum Gasteiger partial charge on any atom is -0.496 e. The zero-order chi connectivity index (χ0) is 20.4. The molecule has 0 fully saturated rings. The van der Waals surface area contributed by atoms with E-state index in [1.54, 1.807) is 7.11 Å². The van der Waals surface area contributed by atoms with Crippen molar-refractivity contribution < 1.29 is 4.74 Å². The number of fused-ring (bicyclic) bond motifs is 2. The summed E-state index contributed by atoms with van der Waals surface area (Å²) in [6.45, 7) is 6.41. The average Bonchev–Trinajstić information content (AvgIpc) is 2.73. The zero-order valence-electron chi connectivity index (χ0n) is 17.2. The largest absolute Gasteiger partial charge is 0.496 e. The first kappa shape index (κ1) is 18.9. The molecule has 1 aromatic heterocycles. The number of pyridine rings is 1. The normalized spacial score (nSPS) is 11.6. The van der Waals surface area contributed by atoms with Crippen molar-refractivity contribution in [3.63, 3.8) is 0 Å². The van der Waals surface area contributed by atoms with Crippen LogP contribution in [0.25, 0.3) is 21.8 Å². The SMILES string of the molecule is COc1cc(C)c(/C=N/Nc2c3ccccc3nc3ccccc23)cc1C(C)C. The Morgan fingerprint density at radius 2 is 1.59 bits per heavy atom. The molecule has 0 aliphatic carbocycles. The number of hydrazone groups is 1. The highest BCUT2D eigenvalue weighted by molar-refractivity contribution is 6.07. The lowest BCUT2D eigenvalue weighted by Gasteiger charge is -2.14. The molecule has 0 amide bonds. The van der Waals surface area contributed by atoms with Crippen LogP contribution in [0.3, 0.4) is 0 Å². The highest BCUT2D eigenvalue weighted by Gasteiger charge is 2.11. The first-order valence-corrected chi connectivity index (χ1v) is 9.83. The minimum absolute atomic E-state index is 0.374. The van der Waals surface area contributed by atoms with E-state index in [0.717, 1.165) is 44.4 Å². The summed E-state index contributed by atoms with van der Waals surface area (Å²) in [5.74, 6) is 1.30. The molecule has 0 aliphatic heterocycles. The Kier molecular flexibility index (Phi) is 5.17. The summed E-state index contributed by atoms with van der Waals surface area (Å²) in [4.78, 5) is 4.76. The van der Waals surface area contributed by atoms with Gasteiger partial charge in [0.1, 0.15) is 5.75 Å². The fraction of sp³-hybridized carbons (Fsp3) is 0.200. The molecule has 1 N–H and O–H groups in total. The Hall–Kier alpha value is -3.40. The second-order valence-corrected chi connectivity index (χ2v) is 7.50. The van der Waals surface area contributed by atoms with Gasteiger partial charge in [-0.2, -0.15) is 5.10 Å². The van der Waals surface area contributed by atoms with Crippen molar-refractivity contribution in [2.45, 2.75) is 26.7 Å². The quantitative estimate of drug-likeness (QED) is 0.251. The number of ether oxygens (including phenoxy) is 1. The Balaban J connectivity index is 1.75. The summed E-state index contributed by atoms with van der Waals surface area (Å²) in [5, 5.41) is 6.69. The molecule has 0 saturated heterocycles. The molecule has 0 bridgehead atoms. The van der Waals surface area contributed by atoms with Crippen molar-refractivity contribution in [2.24, 2.45) is 5.10 Å². The lowest BCUT2D eigenvalue weighted by Crippen LogP contribution is -2.00. The molecule has 4 rings (SSSR count). The van der Waals surface area contributed by atoms with Gasteiger partial charge in [-0.05, 0) is 53.8 Å². The van der Waals surface area contributed by atoms with Gasteiger partial charge in [0.05, 0.1) is 30.0 Å². The van der Waals surface area contributed by atoms with Gasteiger partial charge in [0.2, 0.25) is 0 Å². The number of aryl methyl sites for hydroxylation is 1. The van der Waals surface area contributed by atoms with Crippen LogP contribution in [0.5, 0.6) is 5.75 Å². The predicted octanol–water partition coefficient (Wildman–Crippen LogP) is 6.27. The first-order valence-electron chi connectivity index (χ1n) is 9.83. The highest BCUT2D eigenvalue weighted by atomic mass is 16.5. The summed E-state index contributed by atoms with van der Waals surface area (Å²) < 4.78 is 5.55. The number of benzene rings is 3. The molecule has 0 radical (unpaired) electrons. The zero-order valence-corrected chi connectivity index (χ0v) is 17.2. The molecule has 0 spiro atoms. The fourth-order valence-corrected chi connectivity index (χ4v) is 3.61.